The zero-order chi connectivity index (χ0) is 9.03. The lowest BCUT2D eigenvalue weighted by Gasteiger charge is -2.21. The first-order valence-electron chi connectivity index (χ1n) is 4.20. The second-order valence-electron chi connectivity index (χ2n) is 3.19. The molecule has 0 aromatic rings. The Morgan fingerprint density at radius 2 is 2.00 bits per heavy atom. The number of hydrogen-bond donors (Lipinski definition) is 1. The fourth-order valence-electron chi connectivity index (χ4n) is 1.44. The number of piperidine rings is 1. The Bertz CT molecular complexity index is 240. The van der Waals surface area contributed by atoms with Crippen LogP contribution in [0.1, 0.15) is 12.8 Å². The van der Waals surface area contributed by atoms with Crippen molar-refractivity contribution in [1.29, 1.82) is 0 Å². The van der Waals surface area contributed by atoms with Crippen LogP contribution in [0.3, 0.4) is 0 Å². The van der Waals surface area contributed by atoms with E-state index in [0.717, 1.165) is 31.3 Å². The topological polar surface area (TPSA) is 46.2 Å². The van der Waals surface area contributed by atoms with Crippen molar-refractivity contribution in [2.24, 2.45) is 5.92 Å². The van der Waals surface area contributed by atoms with E-state index in [0.29, 0.717) is 5.92 Å². The molecule has 4 heteroatoms. The minimum absolute atomic E-state index is 0.276. The lowest BCUT2D eigenvalue weighted by Crippen LogP contribution is -2.30. The van der Waals surface area contributed by atoms with Gasteiger partial charge < -0.3 is 5.32 Å². The highest BCUT2D eigenvalue weighted by Gasteiger charge is 2.18. The first-order valence-corrected chi connectivity index (χ1v) is 5.91. The third-order valence-electron chi connectivity index (χ3n) is 2.18. The molecule has 0 unspecified atom stereocenters. The quantitative estimate of drug-likeness (QED) is 0.705. The molecule has 1 aliphatic rings. The molecule has 0 aromatic heterocycles. The van der Waals surface area contributed by atoms with Gasteiger partial charge in [0.1, 0.15) is 0 Å². The van der Waals surface area contributed by atoms with Crippen LogP contribution in [-0.4, -0.2) is 27.3 Å². The van der Waals surface area contributed by atoms with E-state index in [4.69, 9.17) is 0 Å². The third-order valence-corrected chi connectivity index (χ3v) is 3.62. The van der Waals surface area contributed by atoms with Crippen LogP contribution in [0.15, 0.2) is 12.0 Å². The SMILES string of the molecule is C=CS(=O)(=O)CC1CCNCC1. The Morgan fingerprint density at radius 1 is 1.42 bits per heavy atom. The summed E-state index contributed by atoms with van der Waals surface area (Å²) in [7, 11) is -2.98. The highest BCUT2D eigenvalue weighted by Crippen LogP contribution is 2.14. The first-order chi connectivity index (χ1) is 5.64. The van der Waals surface area contributed by atoms with Crippen molar-refractivity contribution >= 4 is 9.84 Å². The molecule has 1 heterocycles. The van der Waals surface area contributed by atoms with Crippen LogP contribution in [0.25, 0.3) is 0 Å². The van der Waals surface area contributed by atoms with Crippen molar-refractivity contribution in [2.75, 3.05) is 18.8 Å². The normalized spacial score (nSPS) is 20.7. The zero-order valence-electron chi connectivity index (χ0n) is 7.12. The summed E-state index contributed by atoms with van der Waals surface area (Å²) in [6.07, 6.45) is 1.93. The molecule has 0 aromatic carbocycles. The number of nitrogens with one attached hydrogen (secondary N) is 1. The maximum atomic E-state index is 11.1. The van der Waals surface area contributed by atoms with E-state index in [-0.39, 0.29) is 5.75 Å². The van der Waals surface area contributed by atoms with Crippen molar-refractivity contribution in [1.82, 2.24) is 5.32 Å². The third kappa shape index (κ3) is 2.95. The average Bonchev–Trinajstić information content (AvgIpc) is 2.06. The van der Waals surface area contributed by atoms with Gasteiger partial charge in [0.2, 0.25) is 0 Å². The lowest BCUT2D eigenvalue weighted by molar-refractivity contribution is 0.402. The second kappa shape index (κ2) is 4.05. The van der Waals surface area contributed by atoms with Gasteiger partial charge in [-0.1, -0.05) is 6.58 Å². The predicted octanol–water partition coefficient (Wildman–Crippen LogP) is 0.544. The summed E-state index contributed by atoms with van der Waals surface area (Å²) in [6.45, 7) is 5.18. The van der Waals surface area contributed by atoms with Gasteiger partial charge in [0.25, 0.3) is 0 Å². The van der Waals surface area contributed by atoms with Gasteiger partial charge in [-0.15, -0.1) is 0 Å². The number of rotatable bonds is 3. The van der Waals surface area contributed by atoms with E-state index in [1.165, 1.54) is 0 Å². The molecule has 1 rings (SSSR count). The van der Waals surface area contributed by atoms with Gasteiger partial charge in [-0.3, -0.25) is 0 Å². The summed E-state index contributed by atoms with van der Waals surface area (Å²) >= 11 is 0. The standard InChI is InChI=1S/C8H15NO2S/c1-2-12(10,11)7-8-3-5-9-6-4-8/h2,8-9H,1,3-7H2. The van der Waals surface area contributed by atoms with Crippen LogP contribution in [-0.2, 0) is 9.84 Å². The zero-order valence-corrected chi connectivity index (χ0v) is 7.94. The Balaban J connectivity index is 2.44. The fourth-order valence-corrected chi connectivity index (χ4v) is 2.57. The smallest absolute Gasteiger partial charge is 0.171 e. The van der Waals surface area contributed by atoms with E-state index >= 15 is 0 Å². The van der Waals surface area contributed by atoms with Gasteiger partial charge in [0.15, 0.2) is 9.84 Å². The molecule has 0 spiro atoms. The van der Waals surface area contributed by atoms with Gasteiger partial charge in [-0.25, -0.2) is 8.42 Å². The molecule has 0 atom stereocenters. The van der Waals surface area contributed by atoms with Crippen molar-refractivity contribution in [3.8, 4) is 0 Å². The second-order valence-corrected chi connectivity index (χ2v) is 5.18. The van der Waals surface area contributed by atoms with Gasteiger partial charge in [-0.05, 0) is 31.8 Å². The van der Waals surface area contributed by atoms with Crippen molar-refractivity contribution in [2.45, 2.75) is 12.8 Å². The van der Waals surface area contributed by atoms with E-state index < -0.39 is 9.84 Å². The summed E-state index contributed by atoms with van der Waals surface area (Å²) < 4.78 is 22.3. The molecule has 70 valence electrons. The predicted molar refractivity (Wildman–Crippen MR) is 49.6 cm³/mol. The molecular weight excluding hydrogens is 174 g/mol. The molecule has 0 aliphatic carbocycles. The minimum atomic E-state index is -2.98. The first kappa shape index (κ1) is 9.74. The van der Waals surface area contributed by atoms with Crippen LogP contribution < -0.4 is 5.32 Å². The Kier molecular flexibility index (Phi) is 3.29. The largest absolute Gasteiger partial charge is 0.317 e. The van der Waals surface area contributed by atoms with E-state index in [1.54, 1.807) is 0 Å². The van der Waals surface area contributed by atoms with Gasteiger partial charge in [0, 0.05) is 5.41 Å². The van der Waals surface area contributed by atoms with Crippen LogP contribution in [0.5, 0.6) is 0 Å². The molecule has 0 bridgehead atoms. The monoisotopic (exact) mass is 189 g/mol. The lowest BCUT2D eigenvalue weighted by atomic mass is 10.0. The molecule has 0 saturated carbocycles. The highest BCUT2D eigenvalue weighted by atomic mass is 32.2. The fraction of sp³-hybridized carbons (Fsp3) is 0.750. The Morgan fingerprint density at radius 3 is 2.50 bits per heavy atom. The van der Waals surface area contributed by atoms with Crippen LogP contribution in [0.2, 0.25) is 0 Å². The number of sulfone groups is 1. The van der Waals surface area contributed by atoms with Crippen molar-refractivity contribution in [3.05, 3.63) is 12.0 Å². The summed E-state index contributed by atoms with van der Waals surface area (Å²) in [6, 6.07) is 0. The maximum Gasteiger partial charge on any atom is 0.171 e. The summed E-state index contributed by atoms with van der Waals surface area (Å²) in [4.78, 5) is 0. The van der Waals surface area contributed by atoms with Crippen LogP contribution >= 0.6 is 0 Å². The molecule has 12 heavy (non-hydrogen) atoms. The molecular formula is C8H15NO2S. The highest BCUT2D eigenvalue weighted by molar-refractivity contribution is 7.94. The minimum Gasteiger partial charge on any atom is -0.317 e. The molecule has 0 amide bonds. The maximum absolute atomic E-state index is 11.1. The van der Waals surface area contributed by atoms with E-state index in [1.807, 2.05) is 0 Å². The molecule has 1 N–H and O–H groups in total. The van der Waals surface area contributed by atoms with Gasteiger partial charge in [0.05, 0.1) is 5.75 Å². The molecule has 1 saturated heterocycles. The van der Waals surface area contributed by atoms with Gasteiger partial charge >= 0.3 is 0 Å². The van der Waals surface area contributed by atoms with E-state index in [2.05, 4.69) is 11.9 Å². The molecule has 3 nitrogen and oxygen atoms in total. The van der Waals surface area contributed by atoms with Crippen molar-refractivity contribution in [3.63, 3.8) is 0 Å². The average molecular weight is 189 g/mol. The van der Waals surface area contributed by atoms with Crippen molar-refractivity contribution < 1.29 is 8.42 Å². The molecule has 0 radical (unpaired) electrons. The molecule has 1 aliphatic heterocycles. The Hall–Kier alpha value is -0.350. The summed E-state index contributed by atoms with van der Waals surface area (Å²) in [5, 5.41) is 4.26. The molecule has 1 fully saturated rings. The van der Waals surface area contributed by atoms with Crippen LogP contribution in [0, 0.1) is 5.92 Å². The summed E-state index contributed by atoms with van der Waals surface area (Å²) in [5.41, 5.74) is 0. The Labute approximate surface area is 73.8 Å². The summed E-state index contributed by atoms with van der Waals surface area (Å²) in [5.74, 6) is 0.604. The van der Waals surface area contributed by atoms with E-state index in [9.17, 15) is 8.42 Å². The van der Waals surface area contributed by atoms with Gasteiger partial charge in [-0.2, -0.15) is 0 Å². The number of hydrogen-bond acceptors (Lipinski definition) is 3. The van der Waals surface area contributed by atoms with Crippen LogP contribution in [0.4, 0.5) is 0 Å².